The molecule has 2 N–H and O–H groups in total. The molecule has 0 atom stereocenters. The predicted octanol–water partition coefficient (Wildman–Crippen LogP) is 2.76. The highest BCUT2D eigenvalue weighted by Crippen LogP contribution is 2.19. The number of hydrogen-bond donors (Lipinski definition) is 2. The van der Waals surface area contributed by atoms with Crippen molar-refractivity contribution in [3.63, 3.8) is 0 Å². The Morgan fingerprint density at radius 1 is 1.14 bits per heavy atom. The molecule has 0 aliphatic heterocycles. The number of nitrogens with one attached hydrogen (secondary N) is 2. The third kappa shape index (κ3) is 3.46. The van der Waals surface area contributed by atoms with Crippen LogP contribution in [0.3, 0.4) is 0 Å². The fraction of sp³-hybridized carbons (Fsp3) is 0.133. The van der Waals surface area contributed by atoms with Gasteiger partial charge in [0.05, 0.1) is 0 Å². The maximum Gasteiger partial charge on any atom is 0.274 e. The van der Waals surface area contributed by atoms with Crippen LogP contribution in [0, 0.1) is 6.92 Å². The van der Waals surface area contributed by atoms with Crippen molar-refractivity contribution in [2.45, 2.75) is 6.92 Å². The molecule has 1 heterocycles. The Bertz CT molecular complexity index is 684. The molecule has 1 aromatic heterocycles. The summed E-state index contributed by atoms with van der Waals surface area (Å²) in [4.78, 5) is 27.9. The number of aromatic nitrogens is 1. The summed E-state index contributed by atoms with van der Waals surface area (Å²) < 4.78 is 0.803. The van der Waals surface area contributed by atoms with Gasteiger partial charge in [-0.3, -0.25) is 9.59 Å². The fourth-order valence-electron chi connectivity index (χ4n) is 1.85. The van der Waals surface area contributed by atoms with Gasteiger partial charge in [-0.05, 0) is 52.7 Å². The van der Waals surface area contributed by atoms with Crippen molar-refractivity contribution in [1.29, 1.82) is 0 Å². The SMILES string of the molecule is CNC(=O)c1cccc(NC(=O)c2ccc(Br)cn2)c1C. The Kier molecular flexibility index (Phi) is 4.70. The van der Waals surface area contributed by atoms with Gasteiger partial charge in [0.15, 0.2) is 0 Å². The van der Waals surface area contributed by atoms with Crippen molar-refractivity contribution < 1.29 is 9.59 Å². The highest BCUT2D eigenvalue weighted by molar-refractivity contribution is 9.10. The lowest BCUT2D eigenvalue weighted by Gasteiger charge is -2.11. The zero-order valence-electron chi connectivity index (χ0n) is 11.6. The van der Waals surface area contributed by atoms with E-state index in [0.29, 0.717) is 22.5 Å². The summed E-state index contributed by atoms with van der Waals surface area (Å²) in [6.45, 7) is 1.79. The first-order valence-electron chi connectivity index (χ1n) is 6.27. The third-order valence-electron chi connectivity index (χ3n) is 3.01. The van der Waals surface area contributed by atoms with E-state index in [1.807, 2.05) is 0 Å². The maximum atomic E-state index is 12.1. The number of nitrogens with zero attached hydrogens (tertiary/aromatic N) is 1. The summed E-state index contributed by atoms with van der Waals surface area (Å²) in [7, 11) is 1.57. The van der Waals surface area contributed by atoms with Gasteiger partial charge in [0.25, 0.3) is 11.8 Å². The van der Waals surface area contributed by atoms with E-state index in [9.17, 15) is 9.59 Å². The molecule has 108 valence electrons. The van der Waals surface area contributed by atoms with Gasteiger partial charge < -0.3 is 10.6 Å². The van der Waals surface area contributed by atoms with Crippen molar-refractivity contribution in [2.24, 2.45) is 0 Å². The molecule has 2 amide bonds. The Hall–Kier alpha value is -2.21. The minimum atomic E-state index is -0.320. The van der Waals surface area contributed by atoms with Crippen LogP contribution < -0.4 is 10.6 Å². The molecule has 0 unspecified atom stereocenters. The van der Waals surface area contributed by atoms with Crippen molar-refractivity contribution in [3.8, 4) is 0 Å². The van der Waals surface area contributed by atoms with Gasteiger partial charge in [0.1, 0.15) is 5.69 Å². The molecule has 0 aliphatic rings. The van der Waals surface area contributed by atoms with E-state index in [0.717, 1.165) is 4.47 Å². The van der Waals surface area contributed by atoms with Crippen LogP contribution in [0.2, 0.25) is 0 Å². The third-order valence-corrected chi connectivity index (χ3v) is 3.48. The Morgan fingerprint density at radius 3 is 2.52 bits per heavy atom. The summed E-state index contributed by atoms with van der Waals surface area (Å²) >= 11 is 3.27. The standard InChI is InChI=1S/C15H14BrN3O2/c1-9-11(14(20)17-2)4-3-5-12(9)19-15(21)13-7-6-10(16)8-18-13/h3-8H,1-2H3,(H,17,20)(H,19,21). The van der Waals surface area contributed by atoms with Crippen LogP contribution in [0.5, 0.6) is 0 Å². The van der Waals surface area contributed by atoms with Gasteiger partial charge in [-0.1, -0.05) is 6.07 Å². The number of carbonyl (C=O) groups excluding carboxylic acids is 2. The second-order valence-electron chi connectivity index (χ2n) is 4.37. The number of halogens is 1. The van der Waals surface area contributed by atoms with Crippen molar-refractivity contribution in [1.82, 2.24) is 10.3 Å². The summed E-state index contributed by atoms with van der Waals surface area (Å²) in [6.07, 6.45) is 1.56. The van der Waals surface area contributed by atoms with E-state index in [1.54, 1.807) is 50.5 Å². The molecule has 0 fully saturated rings. The van der Waals surface area contributed by atoms with Crippen LogP contribution >= 0.6 is 15.9 Å². The van der Waals surface area contributed by atoms with E-state index in [2.05, 4.69) is 31.5 Å². The van der Waals surface area contributed by atoms with Crippen LogP contribution in [0.15, 0.2) is 41.0 Å². The highest BCUT2D eigenvalue weighted by atomic mass is 79.9. The van der Waals surface area contributed by atoms with Gasteiger partial charge in [-0.2, -0.15) is 0 Å². The lowest BCUT2D eigenvalue weighted by molar-refractivity contribution is 0.0960. The molecule has 0 radical (unpaired) electrons. The molecule has 0 saturated heterocycles. The highest BCUT2D eigenvalue weighted by Gasteiger charge is 2.13. The largest absolute Gasteiger partial charge is 0.355 e. The van der Waals surface area contributed by atoms with E-state index in [1.165, 1.54) is 0 Å². The van der Waals surface area contributed by atoms with Crippen LogP contribution in [-0.4, -0.2) is 23.8 Å². The molecule has 1 aromatic carbocycles. The van der Waals surface area contributed by atoms with Crippen LogP contribution in [-0.2, 0) is 0 Å². The minimum Gasteiger partial charge on any atom is -0.355 e. The van der Waals surface area contributed by atoms with Crippen LogP contribution in [0.1, 0.15) is 26.4 Å². The zero-order valence-corrected chi connectivity index (χ0v) is 13.2. The lowest BCUT2D eigenvalue weighted by Crippen LogP contribution is -2.20. The number of amides is 2. The number of carbonyl (C=O) groups is 2. The molecule has 2 rings (SSSR count). The van der Waals surface area contributed by atoms with Crippen molar-refractivity contribution in [3.05, 3.63) is 57.8 Å². The molecular weight excluding hydrogens is 334 g/mol. The van der Waals surface area contributed by atoms with Crippen LogP contribution in [0.4, 0.5) is 5.69 Å². The number of hydrogen-bond acceptors (Lipinski definition) is 3. The molecule has 0 aliphatic carbocycles. The van der Waals surface area contributed by atoms with Crippen molar-refractivity contribution in [2.75, 3.05) is 12.4 Å². The van der Waals surface area contributed by atoms with Gasteiger partial charge in [-0.15, -0.1) is 0 Å². The average Bonchev–Trinajstić information content (AvgIpc) is 2.49. The van der Waals surface area contributed by atoms with E-state index in [4.69, 9.17) is 0 Å². The monoisotopic (exact) mass is 347 g/mol. The van der Waals surface area contributed by atoms with Crippen LogP contribution in [0.25, 0.3) is 0 Å². The topological polar surface area (TPSA) is 71.1 Å². The van der Waals surface area contributed by atoms with Gasteiger partial charge in [0, 0.05) is 29.0 Å². The number of anilines is 1. The second kappa shape index (κ2) is 6.49. The maximum absolute atomic E-state index is 12.1. The summed E-state index contributed by atoms with van der Waals surface area (Å²) in [6, 6.07) is 8.55. The van der Waals surface area contributed by atoms with Gasteiger partial charge >= 0.3 is 0 Å². The Labute approximate surface area is 130 Å². The molecule has 0 saturated carbocycles. The van der Waals surface area contributed by atoms with E-state index in [-0.39, 0.29) is 11.8 Å². The molecule has 5 nitrogen and oxygen atoms in total. The normalized spacial score (nSPS) is 10.0. The first kappa shape index (κ1) is 15.2. The summed E-state index contributed by atoms with van der Waals surface area (Å²) in [5.74, 6) is -0.509. The van der Waals surface area contributed by atoms with Gasteiger partial charge in [-0.25, -0.2) is 4.98 Å². The Balaban J connectivity index is 2.25. The quantitative estimate of drug-likeness (QED) is 0.896. The molecule has 0 bridgehead atoms. The Morgan fingerprint density at radius 2 is 1.90 bits per heavy atom. The minimum absolute atomic E-state index is 0.189. The first-order valence-corrected chi connectivity index (χ1v) is 7.07. The fourth-order valence-corrected chi connectivity index (χ4v) is 2.08. The smallest absolute Gasteiger partial charge is 0.274 e. The van der Waals surface area contributed by atoms with Gasteiger partial charge in [0.2, 0.25) is 0 Å². The zero-order chi connectivity index (χ0) is 15.4. The predicted molar refractivity (Wildman–Crippen MR) is 84.5 cm³/mol. The molecular formula is C15H14BrN3O2. The molecule has 21 heavy (non-hydrogen) atoms. The van der Waals surface area contributed by atoms with E-state index < -0.39 is 0 Å². The number of benzene rings is 1. The van der Waals surface area contributed by atoms with Crippen molar-refractivity contribution >= 4 is 33.4 Å². The lowest BCUT2D eigenvalue weighted by atomic mass is 10.1. The summed E-state index contributed by atoms with van der Waals surface area (Å²) in [5, 5.41) is 5.34. The molecule has 2 aromatic rings. The molecule has 0 spiro atoms. The molecule has 6 heteroatoms. The number of pyridine rings is 1. The number of rotatable bonds is 3. The first-order chi connectivity index (χ1) is 10.0. The second-order valence-corrected chi connectivity index (χ2v) is 5.29. The van der Waals surface area contributed by atoms with E-state index >= 15 is 0 Å². The summed E-state index contributed by atoms with van der Waals surface area (Å²) in [5.41, 5.74) is 2.13. The average molecular weight is 348 g/mol.